The third-order valence-corrected chi connectivity index (χ3v) is 3.64. The van der Waals surface area contributed by atoms with E-state index in [1.807, 2.05) is 42.7 Å². The number of aliphatic carboxylic acids is 1. The number of alkyl halides is 3. The molecule has 0 atom stereocenters. The molecule has 10 heteroatoms. The van der Waals surface area contributed by atoms with Crippen LogP contribution in [0.4, 0.5) is 18.9 Å². The molecule has 148 valence electrons. The zero-order valence-electron chi connectivity index (χ0n) is 14.8. The largest absolute Gasteiger partial charge is 0.490 e. The fraction of sp³-hybridized carbons (Fsp3) is 0.167. The molecule has 0 spiro atoms. The molecule has 0 bridgehead atoms. The lowest BCUT2D eigenvalue weighted by Gasteiger charge is -2.07. The number of nitrogens with zero attached hydrogens (tertiary/aromatic N) is 2. The molecule has 0 saturated heterocycles. The first-order valence-electron chi connectivity index (χ1n) is 7.85. The number of halogens is 3. The third-order valence-electron chi connectivity index (χ3n) is 3.64. The van der Waals surface area contributed by atoms with Crippen LogP contribution in [0.3, 0.4) is 0 Å². The summed E-state index contributed by atoms with van der Waals surface area (Å²) in [6.45, 7) is 4.00. The molecule has 0 unspecified atom stereocenters. The maximum absolute atomic E-state index is 11.9. The van der Waals surface area contributed by atoms with Gasteiger partial charge in [-0.3, -0.25) is 4.79 Å². The molecular formula is C18H16F3N3O4. The summed E-state index contributed by atoms with van der Waals surface area (Å²) in [5, 5.41) is 9.91. The van der Waals surface area contributed by atoms with Crippen LogP contribution in [0.1, 0.15) is 21.9 Å². The quantitative estimate of drug-likeness (QED) is 0.699. The smallest absolute Gasteiger partial charge is 0.475 e. The van der Waals surface area contributed by atoms with Gasteiger partial charge < -0.3 is 19.4 Å². The van der Waals surface area contributed by atoms with E-state index in [0.29, 0.717) is 5.76 Å². The standard InChI is InChI=1S/C16H15N3O2.C2HF3O2/c1-11-12(2)19(10-17-11)14-7-5-13(6-8-14)18-16(20)15-4-3-9-21-15;3-2(4,5)1(6)7/h3-10H,1-2H3,(H,18,20);(H,6,7). The highest BCUT2D eigenvalue weighted by Crippen LogP contribution is 2.17. The van der Waals surface area contributed by atoms with E-state index >= 15 is 0 Å². The van der Waals surface area contributed by atoms with Crippen molar-refractivity contribution in [3.05, 3.63) is 66.1 Å². The van der Waals surface area contributed by atoms with Crippen molar-refractivity contribution in [3.8, 4) is 5.69 Å². The number of carboxylic acid groups (broad SMARTS) is 1. The first-order valence-corrected chi connectivity index (χ1v) is 7.85. The van der Waals surface area contributed by atoms with Crippen LogP contribution in [0.15, 0.2) is 53.4 Å². The van der Waals surface area contributed by atoms with Gasteiger partial charge in [0.25, 0.3) is 5.91 Å². The Bertz CT molecular complexity index is 946. The first kappa shape index (κ1) is 20.7. The Morgan fingerprint density at radius 2 is 1.75 bits per heavy atom. The summed E-state index contributed by atoms with van der Waals surface area (Å²) in [7, 11) is 0. The number of benzene rings is 1. The number of carboxylic acids is 1. The van der Waals surface area contributed by atoms with Crippen molar-refractivity contribution in [2.75, 3.05) is 5.32 Å². The lowest BCUT2D eigenvalue weighted by atomic mass is 10.2. The molecule has 2 N–H and O–H groups in total. The predicted octanol–water partition coefficient (Wildman–Crippen LogP) is 3.97. The van der Waals surface area contributed by atoms with Crippen molar-refractivity contribution >= 4 is 17.6 Å². The van der Waals surface area contributed by atoms with Crippen LogP contribution in [0.25, 0.3) is 5.69 Å². The minimum Gasteiger partial charge on any atom is -0.475 e. The number of nitrogens with one attached hydrogen (secondary N) is 1. The maximum atomic E-state index is 11.9. The Kier molecular flexibility index (Phi) is 6.24. The fourth-order valence-electron chi connectivity index (χ4n) is 2.06. The second kappa shape index (κ2) is 8.42. The van der Waals surface area contributed by atoms with Crippen molar-refractivity contribution in [1.29, 1.82) is 0 Å². The zero-order chi connectivity index (χ0) is 20.9. The van der Waals surface area contributed by atoms with Gasteiger partial charge in [0.05, 0.1) is 18.3 Å². The maximum Gasteiger partial charge on any atom is 0.490 e. The number of furan rings is 1. The van der Waals surface area contributed by atoms with Crippen LogP contribution in [-0.2, 0) is 4.79 Å². The van der Waals surface area contributed by atoms with Crippen LogP contribution >= 0.6 is 0 Å². The molecule has 0 aliphatic heterocycles. The van der Waals surface area contributed by atoms with Crippen molar-refractivity contribution < 1.29 is 32.3 Å². The summed E-state index contributed by atoms with van der Waals surface area (Å²) in [6, 6.07) is 10.9. The Labute approximate surface area is 157 Å². The lowest BCUT2D eigenvalue weighted by molar-refractivity contribution is -0.192. The van der Waals surface area contributed by atoms with Crippen LogP contribution in [0, 0.1) is 13.8 Å². The minimum atomic E-state index is -5.08. The molecule has 0 saturated carbocycles. The highest BCUT2D eigenvalue weighted by atomic mass is 19.4. The summed E-state index contributed by atoms with van der Waals surface area (Å²) in [6.07, 6.45) is -1.82. The van der Waals surface area contributed by atoms with Crippen molar-refractivity contribution in [2.45, 2.75) is 20.0 Å². The van der Waals surface area contributed by atoms with E-state index in [9.17, 15) is 18.0 Å². The van der Waals surface area contributed by atoms with Gasteiger partial charge in [-0.2, -0.15) is 13.2 Å². The molecule has 0 fully saturated rings. The van der Waals surface area contributed by atoms with E-state index in [4.69, 9.17) is 14.3 Å². The minimum absolute atomic E-state index is 0.262. The Balaban J connectivity index is 0.000000345. The fourth-order valence-corrected chi connectivity index (χ4v) is 2.06. The number of carbonyl (C=O) groups excluding carboxylic acids is 1. The zero-order valence-corrected chi connectivity index (χ0v) is 14.8. The molecule has 1 amide bonds. The molecule has 0 aliphatic rings. The van der Waals surface area contributed by atoms with E-state index in [2.05, 4.69) is 10.3 Å². The van der Waals surface area contributed by atoms with Gasteiger partial charge in [0.1, 0.15) is 0 Å². The number of carbonyl (C=O) groups is 2. The summed E-state index contributed by atoms with van der Waals surface area (Å²) >= 11 is 0. The second-order valence-corrected chi connectivity index (χ2v) is 5.57. The van der Waals surface area contributed by atoms with E-state index in [-0.39, 0.29) is 5.91 Å². The highest BCUT2D eigenvalue weighted by Gasteiger charge is 2.38. The average molecular weight is 395 g/mol. The van der Waals surface area contributed by atoms with Gasteiger partial charge in [-0.25, -0.2) is 9.78 Å². The molecule has 2 aromatic heterocycles. The molecule has 0 radical (unpaired) electrons. The number of amides is 1. The van der Waals surface area contributed by atoms with E-state index in [0.717, 1.165) is 22.8 Å². The molecule has 3 rings (SSSR count). The summed E-state index contributed by atoms with van der Waals surface area (Å²) in [5.74, 6) is -2.73. The molecule has 7 nitrogen and oxygen atoms in total. The van der Waals surface area contributed by atoms with Gasteiger partial charge in [0.15, 0.2) is 5.76 Å². The van der Waals surface area contributed by atoms with Crippen LogP contribution in [0.2, 0.25) is 0 Å². The summed E-state index contributed by atoms with van der Waals surface area (Å²) in [4.78, 5) is 25.0. The molecular weight excluding hydrogens is 379 g/mol. The monoisotopic (exact) mass is 395 g/mol. The van der Waals surface area contributed by atoms with Crippen molar-refractivity contribution in [2.24, 2.45) is 0 Å². The predicted molar refractivity (Wildman–Crippen MR) is 93.4 cm³/mol. The van der Waals surface area contributed by atoms with E-state index < -0.39 is 12.1 Å². The number of aromatic nitrogens is 2. The number of hydrogen-bond acceptors (Lipinski definition) is 4. The summed E-state index contributed by atoms with van der Waals surface area (Å²) < 4.78 is 38.8. The number of hydrogen-bond donors (Lipinski definition) is 2. The molecule has 1 aromatic carbocycles. The van der Waals surface area contributed by atoms with E-state index in [1.54, 1.807) is 18.5 Å². The molecule has 28 heavy (non-hydrogen) atoms. The number of imidazole rings is 1. The van der Waals surface area contributed by atoms with Gasteiger partial charge in [-0.05, 0) is 50.2 Å². The first-order chi connectivity index (χ1) is 13.1. The number of rotatable bonds is 3. The van der Waals surface area contributed by atoms with Gasteiger partial charge in [-0.1, -0.05) is 0 Å². The normalized spacial score (nSPS) is 10.8. The van der Waals surface area contributed by atoms with Gasteiger partial charge in [0, 0.05) is 17.1 Å². The van der Waals surface area contributed by atoms with Crippen LogP contribution < -0.4 is 5.32 Å². The molecule has 2 heterocycles. The Morgan fingerprint density at radius 3 is 2.18 bits per heavy atom. The lowest BCUT2D eigenvalue weighted by Crippen LogP contribution is -2.21. The number of aryl methyl sites for hydroxylation is 1. The number of anilines is 1. The SMILES string of the molecule is Cc1ncn(-c2ccc(NC(=O)c3ccco3)cc2)c1C.O=C(O)C(F)(F)F. The van der Waals surface area contributed by atoms with Gasteiger partial charge in [-0.15, -0.1) is 0 Å². The van der Waals surface area contributed by atoms with Crippen LogP contribution in [-0.4, -0.2) is 32.7 Å². The van der Waals surface area contributed by atoms with E-state index in [1.165, 1.54) is 6.26 Å². The molecule has 3 aromatic rings. The Morgan fingerprint density at radius 1 is 1.14 bits per heavy atom. The highest BCUT2D eigenvalue weighted by molar-refractivity contribution is 6.02. The average Bonchev–Trinajstić information content (AvgIpc) is 3.27. The van der Waals surface area contributed by atoms with Gasteiger partial charge in [0.2, 0.25) is 0 Å². The van der Waals surface area contributed by atoms with Crippen LogP contribution in [0.5, 0.6) is 0 Å². The Hall–Kier alpha value is -3.56. The summed E-state index contributed by atoms with van der Waals surface area (Å²) in [5.41, 5.74) is 3.83. The topological polar surface area (TPSA) is 97.4 Å². The van der Waals surface area contributed by atoms with Crippen molar-refractivity contribution in [1.82, 2.24) is 9.55 Å². The molecule has 0 aliphatic carbocycles. The van der Waals surface area contributed by atoms with Gasteiger partial charge >= 0.3 is 12.1 Å². The second-order valence-electron chi connectivity index (χ2n) is 5.57. The third kappa shape index (κ3) is 5.22. The van der Waals surface area contributed by atoms with Crippen molar-refractivity contribution in [3.63, 3.8) is 0 Å².